The van der Waals surface area contributed by atoms with Crippen molar-refractivity contribution in [3.63, 3.8) is 0 Å². The molecule has 0 N–H and O–H groups in total. The molecule has 0 unspecified atom stereocenters. The highest BCUT2D eigenvalue weighted by atomic mass is 32.1. The van der Waals surface area contributed by atoms with E-state index in [4.69, 9.17) is 9.26 Å². The van der Waals surface area contributed by atoms with Gasteiger partial charge in [0.2, 0.25) is 0 Å². The lowest BCUT2D eigenvalue weighted by Gasteiger charge is -2.03. The van der Waals surface area contributed by atoms with Crippen molar-refractivity contribution in [3.8, 4) is 0 Å². The average Bonchev–Trinajstić information content (AvgIpc) is 3.17. The Labute approximate surface area is 136 Å². The van der Waals surface area contributed by atoms with Crippen molar-refractivity contribution in [2.75, 3.05) is 19.0 Å². The molecule has 122 valence electrons. The van der Waals surface area contributed by atoms with Crippen LogP contribution in [0, 0.1) is 6.92 Å². The van der Waals surface area contributed by atoms with E-state index in [-0.39, 0.29) is 12.5 Å². The number of aromatic nitrogens is 4. The Hall–Kier alpha value is -2.42. The Morgan fingerprint density at radius 3 is 2.87 bits per heavy atom. The van der Waals surface area contributed by atoms with Gasteiger partial charge in [-0.25, -0.2) is 9.78 Å². The van der Waals surface area contributed by atoms with Gasteiger partial charge in [0.25, 0.3) is 11.8 Å². The monoisotopic (exact) mass is 335 g/mol. The maximum atomic E-state index is 12.4. The Morgan fingerprint density at radius 1 is 1.43 bits per heavy atom. The quantitative estimate of drug-likeness (QED) is 0.660. The van der Waals surface area contributed by atoms with Crippen LogP contribution in [0.3, 0.4) is 0 Å². The summed E-state index contributed by atoms with van der Waals surface area (Å²) in [6.07, 6.45) is 2.54. The summed E-state index contributed by atoms with van der Waals surface area (Å²) in [6, 6.07) is 0. The molecule has 0 aliphatic carbocycles. The number of esters is 1. The molecule has 9 heteroatoms. The molecule has 0 bridgehead atoms. The zero-order valence-corrected chi connectivity index (χ0v) is 14.2. The number of hydrogen-bond donors (Lipinski definition) is 0. The molecular formula is C14H17N5O3S. The number of hydrogen-bond acceptors (Lipinski definition) is 8. The number of thiazole rings is 1. The van der Waals surface area contributed by atoms with Crippen LogP contribution in [0.1, 0.15) is 33.9 Å². The molecule has 0 atom stereocenters. The van der Waals surface area contributed by atoms with Gasteiger partial charge in [0.1, 0.15) is 0 Å². The number of rotatable bonds is 5. The van der Waals surface area contributed by atoms with Crippen LogP contribution < -0.4 is 4.90 Å². The van der Waals surface area contributed by atoms with Crippen LogP contribution in [0.4, 0.5) is 5.95 Å². The van der Waals surface area contributed by atoms with Crippen LogP contribution in [0.25, 0.3) is 4.96 Å². The number of fused-ring (bicyclic) bond motifs is 1. The smallest absolute Gasteiger partial charge is 0.357 e. The fourth-order valence-electron chi connectivity index (χ4n) is 2.15. The number of nitrogens with zero attached hydrogens (tertiary/aromatic N) is 5. The lowest BCUT2D eigenvalue weighted by molar-refractivity contribution is 0.0420. The number of anilines is 1. The fraction of sp³-hybridized carbons (Fsp3) is 0.429. The predicted octanol–water partition coefficient (Wildman–Crippen LogP) is 2.07. The molecule has 3 heterocycles. The first-order valence-electron chi connectivity index (χ1n) is 7.14. The minimum Gasteiger partial charge on any atom is -0.451 e. The first-order valence-corrected chi connectivity index (χ1v) is 7.95. The van der Waals surface area contributed by atoms with E-state index >= 15 is 0 Å². The van der Waals surface area contributed by atoms with Gasteiger partial charge in [0, 0.05) is 25.2 Å². The van der Waals surface area contributed by atoms with Crippen molar-refractivity contribution in [3.05, 3.63) is 28.4 Å². The van der Waals surface area contributed by atoms with Gasteiger partial charge in [0.05, 0.1) is 5.69 Å². The summed E-state index contributed by atoms with van der Waals surface area (Å²) < 4.78 is 12.1. The second kappa shape index (κ2) is 5.99. The van der Waals surface area contributed by atoms with Gasteiger partial charge >= 0.3 is 5.97 Å². The number of ether oxygens (including phenoxy) is 1. The van der Waals surface area contributed by atoms with E-state index < -0.39 is 5.97 Å². The molecule has 0 fully saturated rings. The third kappa shape index (κ3) is 2.91. The maximum absolute atomic E-state index is 12.4. The van der Waals surface area contributed by atoms with Crippen LogP contribution >= 0.6 is 11.3 Å². The summed E-state index contributed by atoms with van der Waals surface area (Å²) >= 11 is 1.54. The molecule has 0 saturated heterocycles. The number of imidazole rings is 1. The summed E-state index contributed by atoms with van der Waals surface area (Å²) in [7, 11) is 3.60. The molecule has 0 aliphatic heterocycles. The molecule has 3 rings (SSSR count). The molecule has 23 heavy (non-hydrogen) atoms. The highest BCUT2D eigenvalue weighted by molar-refractivity contribution is 7.17. The van der Waals surface area contributed by atoms with E-state index in [1.807, 2.05) is 20.0 Å². The van der Waals surface area contributed by atoms with E-state index in [0.717, 1.165) is 15.5 Å². The highest BCUT2D eigenvalue weighted by Gasteiger charge is 2.22. The molecule has 0 amide bonds. The van der Waals surface area contributed by atoms with Crippen molar-refractivity contribution in [2.45, 2.75) is 26.9 Å². The largest absolute Gasteiger partial charge is 0.451 e. The molecule has 0 aliphatic rings. The summed E-state index contributed by atoms with van der Waals surface area (Å²) in [5.74, 6) is 0.240. The summed E-state index contributed by atoms with van der Waals surface area (Å²) in [4.78, 5) is 24.6. The first kappa shape index (κ1) is 15.5. The van der Waals surface area contributed by atoms with E-state index in [9.17, 15) is 4.79 Å². The standard InChI is InChI=1S/C14H17N5O3S/c1-5-9-11(19-6-8(2)23-14(19)15-9)12(20)21-7-10-16-13(17-22-10)18(3)4/h6H,5,7H2,1-4H3. The van der Waals surface area contributed by atoms with Crippen molar-refractivity contribution in [2.24, 2.45) is 0 Å². The third-order valence-corrected chi connectivity index (χ3v) is 4.12. The van der Waals surface area contributed by atoms with E-state index in [2.05, 4.69) is 15.1 Å². The Morgan fingerprint density at radius 2 is 2.22 bits per heavy atom. The molecule has 3 aromatic rings. The van der Waals surface area contributed by atoms with E-state index in [1.165, 1.54) is 11.3 Å². The van der Waals surface area contributed by atoms with Crippen LogP contribution in [-0.4, -0.2) is 39.6 Å². The predicted molar refractivity (Wildman–Crippen MR) is 84.9 cm³/mol. The maximum Gasteiger partial charge on any atom is 0.357 e. The van der Waals surface area contributed by atoms with Gasteiger partial charge in [-0.05, 0) is 18.5 Å². The molecular weight excluding hydrogens is 318 g/mol. The number of carbonyl (C=O) groups is 1. The topological polar surface area (TPSA) is 85.8 Å². The Bertz CT molecular complexity index is 848. The van der Waals surface area contributed by atoms with Crippen LogP contribution in [0.15, 0.2) is 10.7 Å². The zero-order chi connectivity index (χ0) is 16.6. The molecule has 8 nitrogen and oxygen atoms in total. The molecule has 0 saturated carbocycles. The summed E-state index contributed by atoms with van der Waals surface area (Å²) in [6.45, 7) is 3.86. The van der Waals surface area contributed by atoms with Crippen molar-refractivity contribution in [1.29, 1.82) is 0 Å². The fourth-order valence-corrected chi connectivity index (χ4v) is 2.99. The average molecular weight is 335 g/mol. The lowest BCUT2D eigenvalue weighted by atomic mass is 10.2. The van der Waals surface area contributed by atoms with Crippen LogP contribution in [0.5, 0.6) is 0 Å². The van der Waals surface area contributed by atoms with Gasteiger partial charge in [0.15, 0.2) is 17.3 Å². The van der Waals surface area contributed by atoms with Crippen LogP contribution in [-0.2, 0) is 17.8 Å². The molecule has 0 aromatic carbocycles. The molecule has 0 radical (unpaired) electrons. The second-order valence-electron chi connectivity index (χ2n) is 5.21. The normalized spacial score (nSPS) is 11.1. The van der Waals surface area contributed by atoms with Crippen molar-refractivity contribution >= 4 is 28.2 Å². The van der Waals surface area contributed by atoms with Crippen LogP contribution in [0.2, 0.25) is 0 Å². The van der Waals surface area contributed by atoms with Gasteiger partial charge in [-0.3, -0.25) is 4.40 Å². The van der Waals surface area contributed by atoms with E-state index in [1.54, 1.807) is 23.4 Å². The minimum absolute atomic E-state index is 0.0703. The molecule has 3 aromatic heterocycles. The third-order valence-electron chi connectivity index (χ3n) is 3.23. The Kier molecular flexibility index (Phi) is 4.03. The molecule has 0 spiro atoms. The second-order valence-corrected chi connectivity index (χ2v) is 6.43. The Balaban J connectivity index is 1.79. The minimum atomic E-state index is -0.447. The SMILES string of the molecule is CCc1nc2sc(C)cn2c1C(=O)OCc1nc(N(C)C)no1. The van der Waals surface area contributed by atoms with Crippen molar-refractivity contribution < 1.29 is 14.1 Å². The first-order chi connectivity index (χ1) is 11.0. The summed E-state index contributed by atoms with van der Waals surface area (Å²) in [5.41, 5.74) is 1.18. The van der Waals surface area contributed by atoms with Gasteiger partial charge in [-0.2, -0.15) is 4.98 Å². The van der Waals surface area contributed by atoms with Gasteiger partial charge < -0.3 is 14.2 Å². The van der Waals surface area contributed by atoms with Gasteiger partial charge in [-0.1, -0.05) is 6.92 Å². The zero-order valence-electron chi connectivity index (χ0n) is 13.4. The number of aryl methyl sites for hydroxylation is 2. The van der Waals surface area contributed by atoms with E-state index in [0.29, 0.717) is 18.1 Å². The van der Waals surface area contributed by atoms with Gasteiger partial charge in [-0.15, -0.1) is 11.3 Å². The summed E-state index contributed by atoms with van der Waals surface area (Å²) in [5, 5.41) is 3.78. The lowest BCUT2D eigenvalue weighted by Crippen LogP contribution is -2.11. The van der Waals surface area contributed by atoms with Crippen molar-refractivity contribution in [1.82, 2.24) is 19.5 Å². The highest BCUT2D eigenvalue weighted by Crippen LogP contribution is 2.22. The number of carbonyl (C=O) groups excluding carboxylic acids is 1.